The van der Waals surface area contributed by atoms with Crippen molar-refractivity contribution >= 4 is 5.84 Å². The van der Waals surface area contributed by atoms with Crippen LogP contribution < -0.4 is 5.73 Å². The van der Waals surface area contributed by atoms with E-state index >= 15 is 0 Å². The van der Waals surface area contributed by atoms with Crippen LogP contribution in [0.4, 0.5) is 0 Å². The number of nitrogens with two attached hydrogens (primary N) is 1. The Morgan fingerprint density at radius 3 is 2.70 bits per heavy atom. The number of amidine groups is 1. The highest BCUT2D eigenvalue weighted by Gasteiger charge is 1.91. The largest absolute Gasteiger partial charge is 0.409 e. The molecule has 0 unspecified atom stereocenters. The average Bonchev–Trinajstić information content (AvgIpc) is 1.98. The lowest BCUT2D eigenvalue weighted by Gasteiger charge is -1.99. The Morgan fingerprint density at radius 1 is 1.50 bits per heavy atom. The summed E-state index contributed by atoms with van der Waals surface area (Å²) in [7, 11) is 0. The molecule has 0 aromatic carbocycles. The van der Waals surface area contributed by atoms with Crippen LogP contribution in [-0.4, -0.2) is 36.0 Å². The van der Waals surface area contributed by atoms with Crippen molar-refractivity contribution in [2.24, 2.45) is 10.9 Å². The predicted molar refractivity (Wildman–Crippen MR) is 35.9 cm³/mol. The van der Waals surface area contributed by atoms with Gasteiger partial charge in [0.15, 0.2) is 0 Å². The molecule has 0 heterocycles. The Hall–Kier alpha value is -0.810. The number of aliphatic hydroxyl groups excluding tert-OH is 1. The van der Waals surface area contributed by atoms with Crippen LogP contribution >= 0.6 is 0 Å². The Kier molecular flexibility index (Phi) is 5.80. The third-order valence-corrected chi connectivity index (χ3v) is 0.867. The summed E-state index contributed by atoms with van der Waals surface area (Å²) in [6.45, 7) is 0.658. The van der Waals surface area contributed by atoms with Crippen LogP contribution in [-0.2, 0) is 4.74 Å². The van der Waals surface area contributed by atoms with Gasteiger partial charge in [0.25, 0.3) is 0 Å². The van der Waals surface area contributed by atoms with Crippen molar-refractivity contribution in [3.8, 4) is 0 Å². The maximum atomic E-state index is 8.25. The molecular formula is C5H12N2O3. The van der Waals surface area contributed by atoms with Crippen molar-refractivity contribution < 1.29 is 15.1 Å². The number of hydrogen-bond donors (Lipinski definition) is 3. The molecule has 0 radical (unpaired) electrons. The smallest absolute Gasteiger partial charge is 0.141 e. The van der Waals surface area contributed by atoms with E-state index in [0.717, 1.165) is 0 Å². The Labute approximate surface area is 59.1 Å². The molecule has 0 aromatic rings. The fraction of sp³-hybridized carbons (Fsp3) is 0.800. The minimum absolute atomic E-state index is 0.00380. The molecule has 0 aliphatic rings. The van der Waals surface area contributed by atoms with Gasteiger partial charge in [0.1, 0.15) is 5.84 Å². The van der Waals surface area contributed by atoms with E-state index in [4.69, 9.17) is 20.8 Å². The van der Waals surface area contributed by atoms with E-state index in [0.29, 0.717) is 19.6 Å². The van der Waals surface area contributed by atoms with Crippen molar-refractivity contribution in [1.29, 1.82) is 0 Å². The molecule has 0 saturated heterocycles. The van der Waals surface area contributed by atoms with Gasteiger partial charge in [-0.3, -0.25) is 0 Å². The highest BCUT2D eigenvalue weighted by Crippen LogP contribution is 1.81. The first kappa shape index (κ1) is 9.19. The van der Waals surface area contributed by atoms with E-state index < -0.39 is 0 Å². The molecular weight excluding hydrogens is 136 g/mol. The highest BCUT2D eigenvalue weighted by molar-refractivity contribution is 5.79. The monoisotopic (exact) mass is 148 g/mol. The summed E-state index contributed by atoms with van der Waals surface area (Å²) in [6.07, 6.45) is 0.385. The fourth-order valence-electron chi connectivity index (χ4n) is 0.393. The summed E-state index contributed by atoms with van der Waals surface area (Å²) in [5.41, 5.74) is 5.11. The second kappa shape index (κ2) is 6.31. The summed E-state index contributed by atoms with van der Waals surface area (Å²) in [4.78, 5) is 0. The zero-order valence-electron chi connectivity index (χ0n) is 5.66. The highest BCUT2D eigenvalue weighted by atomic mass is 16.5. The summed E-state index contributed by atoms with van der Waals surface area (Å²) >= 11 is 0. The van der Waals surface area contributed by atoms with Crippen LogP contribution in [0.2, 0.25) is 0 Å². The standard InChI is InChI=1S/C5H12N2O3/c6-5(7-9)1-3-10-4-2-8/h8-9H,1-4H2,(H2,6,7). The van der Waals surface area contributed by atoms with Gasteiger partial charge < -0.3 is 20.8 Å². The Balaban J connectivity index is 3.04. The normalized spacial score (nSPS) is 11.9. The zero-order valence-corrected chi connectivity index (χ0v) is 5.66. The molecule has 4 N–H and O–H groups in total. The van der Waals surface area contributed by atoms with Gasteiger partial charge in [-0.1, -0.05) is 5.16 Å². The molecule has 60 valence electrons. The lowest BCUT2D eigenvalue weighted by molar-refractivity contribution is 0.0967. The summed E-state index contributed by atoms with van der Waals surface area (Å²) in [6, 6.07) is 0. The SMILES string of the molecule is N/C(CCOCCO)=N\O. The molecule has 5 nitrogen and oxygen atoms in total. The second-order valence-electron chi connectivity index (χ2n) is 1.68. The molecule has 0 atom stereocenters. The number of ether oxygens (including phenoxy) is 1. The van der Waals surface area contributed by atoms with E-state index in [2.05, 4.69) is 5.16 Å². The molecule has 0 aliphatic carbocycles. The Morgan fingerprint density at radius 2 is 2.20 bits per heavy atom. The number of aliphatic hydroxyl groups is 1. The van der Waals surface area contributed by atoms with Crippen molar-refractivity contribution in [3.63, 3.8) is 0 Å². The van der Waals surface area contributed by atoms with Gasteiger partial charge in [0, 0.05) is 6.42 Å². The first-order valence-corrected chi connectivity index (χ1v) is 2.96. The molecule has 0 aliphatic heterocycles. The second-order valence-corrected chi connectivity index (χ2v) is 1.68. The predicted octanol–water partition coefficient (Wildman–Crippen LogP) is -0.868. The lowest BCUT2D eigenvalue weighted by Crippen LogP contribution is -2.15. The van der Waals surface area contributed by atoms with E-state index in [1.54, 1.807) is 0 Å². The summed E-state index contributed by atoms with van der Waals surface area (Å²) in [5.74, 6) is 0.137. The van der Waals surface area contributed by atoms with Gasteiger partial charge >= 0.3 is 0 Å². The summed E-state index contributed by atoms with van der Waals surface area (Å²) in [5, 5.41) is 19.0. The van der Waals surface area contributed by atoms with E-state index in [1.165, 1.54) is 0 Å². The lowest BCUT2D eigenvalue weighted by atomic mass is 10.4. The maximum Gasteiger partial charge on any atom is 0.141 e. The zero-order chi connectivity index (χ0) is 7.82. The quantitative estimate of drug-likeness (QED) is 0.155. The Bertz CT molecular complexity index is 105. The third-order valence-electron chi connectivity index (χ3n) is 0.867. The third kappa shape index (κ3) is 5.33. The maximum absolute atomic E-state index is 8.25. The van der Waals surface area contributed by atoms with Crippen molar-refractivity contribution in [2.75, 3.05) is 19.8 Å². The molecule has 0 saturated carbocycles. The number of hydrogen-bond acceptors (Lipinski definition) is 4. The molecule has 0 spiro atoms. The fourth-order valence-corrected chi connectivity index (χ4v) is 0.393. The van der Waals surface area contributed by atoms with Gasteiger partial charge in [0.2, 0.25) is 0 Å². The molecule has 0 rings (SSSR count). The minimum Gasteiger partial charge on any atom is -0.409 e. The molecule has 0 aromatic heterocycles. The molecule has 0 bridgehead atoms. The van der Waals surface area contributed by atoms with E-state index in [1.807, 2.05) is 0 Å². The van der Waals surface area contributed by atoms with Gasteiger partial charge in [-0.05, 0) is 0 Å². The van der Waals surface area contributed by atoms with Crippen molar-refractivity contribution in [3.05, 3.63) is 0 Å². The average molecular weight is 148 g/mol. The van der Waals surface area contributed by atoms with Crippen LogP contribution in [0.5, 0.6) is 0 Å². The topological polar surface area (TPSA) is 88.1 Å². The van der Waals surface area contributed by atoms with Gasteiger partial charge in [-0.15, -0.1) is 0 Å². The van der Waals surface area contributed by atoms with Gasteiger partial charge in [0.05, 0.1) is 19.8 Å². The van der Waals surface area contributed by atoms with Crippen LogP contribution in [0.15, 0.2) is 5.16 Å². The van der Waals surface area contributed by atoms with Crippen LogP contribution in [0.1, 0.15) is 6.42 Å². The molecule has 0 amide bonds. The van der Waals surface area contributed by atoms with Crippen LogP contribution in [0, 0.1) is 0 Å². The number of oxime groups is 1. The number of nitrogens with zero attached hydrogens (tertiary/aromatic N) is 1. The van der Waals surface area contributed by atoms with Crippen LogP contribution in [0.25, 0.3) is 0 Å². The first-order chi connectivity index (χ1) is 4.81. The first-order valence-electron chi connectivity index (χ1n) is 2.96. The molecule has 10 heavy (non-hydrogen) atoms. The minimum atomic E-state index is -0.00380. The van der Waals surface area contributed by atoms with Gasteiger partial charge in [-0.2, -0.15) is 0 Å². The summed E-state index contributed by atoms with van der Waals surface area (Å²) < 4.78 is 4.83. The van der Waals surface area contributed by atoms with E-state index in [-0.39, 0.29) is 12.4 Å². The molecule has 0 fully saturated rings. The van der Waals surface area contributed by atoms with Crippen molar-refractivity contribution in [2.45, 2.75) is 6.42 Å². The van der Waals surface area contributed by atoms with E-state index in [9.17, 15) is 0 Å². The molecule has 5 heteroatoms. The number of rotatable bonds is 5. The van der Waals surface area contributed by atoms with Gasteiger partial charge in [-0.25, -0.2) is 0 Å². The van der Waals surface area contributed by atoms with Crippen LogP contribution in [0.3, 0.4) is 0 Å². The van der Waals surface area contributed by atoms with Crippen molar-refractivity contribution in [1.82, 2.24) is 0 Å².